The number of methoxy groups -OCH3 is 1. The molecular weight excluding hydrogens is 464 g/mol. The fourth-order valence-corrected chi connectivity index (χ4v) is 3.73. The summed E-state index contributed by atoms with van der Waals surface area (Å²) in [5.74, 6) is -0.657. The highest BCUT2D eigenvalue weighted by Gasteiger charge is 2.30. The van der Waals surface area contributed by atoms with E-state index in [1.165, 1.54) is 12.1 Å². The number of carbonyl (C=O) groups is 3. The summed E-state index contributed by atoms with van der Waals surface area (Å²) < 4.78 is 4.67. The van der Waals surface area contributed by atoms with Crippen molar-refractivity contribution in [2.24, 2.45) is 5.92 Å². The minimum Gasteiger partial charge on any atom is -0.465 e. The minimum atomic E-state index is -1.26. The fourth-order valence-electron chi connectivity index (χ4n) is 3.73. The second-order valence-corrected chi connectivity index (χ2v) is 8.65. The summed E-state index contributed by atoms with van der Waals surface area (Å²) in [7, 11) is 1.22. The highest BCUT2D eigenvalue weighted by molar-refractivity contribution is 5.85. The van der Waals surface area contributed by atoms with Crippen LogP contribution in [0.25, 0.3) is 0 Å². The number of ether oxygens (including phenoxy) is 1. The van der Waals surface area contributed by atoms with Gasteiger partial charge in [0.05, 0.1) is 19.3 Å². The summed E-state index contributed by atoms with van der Waals surface area (Å²) in [6.45, 7) is 3.93. The number of carboxylic acid groups (broad SMARTS) is 1. The zero-order chi connectivity index (χ0) is 26.5. The van der Waals surface area contributed by atoms with Crippen molar-refractivity contribution in [3.8, 4) is 0 Å². The van der Waals surface area contributed by atoms with Gasteiger partial charge in [-0.1, -0.05) is 80.9 Å². The molecule has 2 aromatic carbocycles. The van der Waals surface area contributed by atoms with Crippen molar-refractivity contribution in [1.29, 1.82) is 0 Å². The van der Waals surface area contributed by atoms with Crippen LogP contribution < -0.4 is 16.1 Å². The van der Waals surface area contributed by atoms with Gasteiger partial charge in [0.15, 0.2) is 0 Å². The summed E-state index contributed by atoms with van der Waals surface area (Å²) in [6, 6.07) is 16.9. The molecule has 0 saturated heterocycles. The molecule has 0 bridgehead atoms. The molecule has 10 nitrogen and oxygen atoms in total. The van der Waals surface area contributed by atoms with Crippen LogP contribution in [0.4, 0.5) is 9.59 Å². The smallest absolute Gasteiger partial charge is 0.407 e. The monoisotopic (exact) mass is 500 g/mol. The van der Waals surface area contributed by atoms with Gasteiger partial charge in [0.1, 0.15) is 6.04 Å². The Morgan fingerprint density at radius 1 is 0.972 bits per heavy atom. The van der Waals surface area contributed by atoms with Gasteiger partial charge in [0.25, 0.3) is 5.91 Å². The maximum absolute atomic E-state index is 13.2. The lowest BCUT2D eigenvalue weighted by atomic mass is 9.98. The average Bonchev–Trinajstić information content (AvgIpc) is 2.87. The van der Waals surface area contributed by atoms with Crippen molar-refractivity contribution in [3.63, 3.8) is 0 Å². The highest BCUT2D eigenvalue weighted by atomic mass is 16.5. The van der Waals surface area contributed by atoms with Crippen LogP contribution >= 0.6 is 0 Å². The molecule has 2 aromatic rings. The van der Waals surface area contributed by atoms with Gasteiger partial charge in [-0.25, -0.2) is 14.6 Å². The molecule has 0 heterocycles. The quantitative estimate of drug-likeness (QED) is 0.266. The van der Waals surface area contributed by atoms with E-state index >= 15 is 0 Å². The number of nitrogens with zero attached hydrogens (tertiary/aromatic N) is 1. The zero-order valence-corrected chi connectivity index (χ0v) is 20.9. The molecule has 0 fully saturated rings. The van der Waals surface area contributed by atoms with E-state index in [-0.39, 0.29) is 25.4 Å². The third kappa shape index (κ3) is 9.55. The lowest BCUT2D eigenvalue weighted by Gasteiger charge is -2.32. The Morgan fingerprint density at radius 3 is 2.08 bits per heavy atom. The first-order valence-electron chi connectivity index (χ1n) is 11.9. The summed E-state index contributed by atoms with van der Waals surface area (Å²) in [6.07, 6.45) is -2.24. The molecular formula is C26H36N4O6. The van der Waals surface area contributed by atoms with Gasteiger partial charge >= 0.3 is 12.2 Å². The molecule has 3 amide bonds. The van der Waals surface area contributed by atoms with Crippen LogP contribution in [0.15, 0.2) is 60.7 Å². The van der Waals surface area contributed by atoms with Crippen molar-refractivity contribution in [3.05, 3.63) is 71.8 Å². The molecule has 0 aliphatic heterocycles. The number of rotatable bonds is 13. The Kier molecular flexibility index (Phi) is 11.7. The molecule has 0 radical (unpaired) electrons. The second kappa shape index (κ2) is 14.7. The number of aliphatic hydroxyl groups is 1. The van der Waals surface area contributed by atoms with Gasteiger partial charge in [-0.3, -0.25) is 10.2 Å². The van der Waals surface area contributed by atoms with Crippen molar-refractivity contribution in [2.75, 3.05) is 13.7 Å². The van der Waals surface area contributed by atoms with E-state index < -0.39 is 36.3 Å². The molecule has 4 atom stereocenters. The summed E-state index contributed by atoms with van der Waals surface area (Å²) in [4.78, 5) is 36.5. The predicted octanol–water partition coefficient (Wildman–Crippen LogP) is 2.53. The van der Waals surface area contributed by atoms with Gasteiger partial charge in [-0.15, -0.1) is 0 Å². The molecule has 0 aromatic heterocycles. The van der Waals surface area contributed by atoms with E-state index in [1.54, 1.807) is 0 Å². The van der Waals surface area contributed by atoms with Gasteiger partial charge in [-0.2, -0.15) is 0 Å². The zero-order valence-electron chi connectivity index (χ0n) is 20.9. The predicted molar refractivity (Wildman–Crippen MR) is 135 cm³/mol. The number of alkyl carbamates (subject to hydrolysis) is 1. The number of benzene rings is 2. The normalized spacial score (nSPS) is 14.2. The maximum atomic E-state index is 13.2. The molecule has 0 aliphatic carbocycles. The topological polar surface area (TPSA) is 140 Å². The van der Waals surface area contributed by atoms with Crippen LogP contribution in [0.3, 0.4) is 0 Å². The van der Waals surface area contributed by atoms with Crippen LogP contribution in [0, 0.1) is 5.92 Å². The van der Waals surface area contributed by atoms with Gasteiger partial charge in [-0.05, 0) is 23.5 Å². The number of carbonyl (C=O) groups excluding carboxylic acids is 2. The lowest BCUT2D eigenvalue weighted by molar-refractivity contribution is -0.130. The number of hydrogen-bond donors (Lipinski definition) is 5. The standard InChI is InChI=1S/C26H36N4O6/c1-4-18(2)23(28-26(35)36-3)24(32)29-30(16-20-13-9-6-10-14-20)17-22(31)21(27-25(33)34)15-19-11-7-5-8-12-19/h5-14,18,21-23,27,31H,4,15-17H2,1-3H3,(H,28,35)(H,29,32)(H,33,34)/t18-,21-,22-,23-/m0/s1. The average molecular weight is 501 g/mol. The van der Waals surface area contributed by atoms with Crippen LogP contribution in [-0.2, 0) is 22.5 Å². The van der Waals surface area contributed by atoms with Crippen LogP contribution in [0.1, 0.15) is 31.4 Å². The number of amides is 3. The number of aliphatic hydroxyl groups excluding tert-OH is 1. The Hall–Kier alpha value is -3.63. The maximum Gasteiger partial charge on any atom is 0.407 e. The first kappa shape index (κ1) is 28.6. The Morgan fingerprint density at radius 2 is 1.56 bits per heavy atom. The second-order valence-electron chi connectivity index (χ2n) is 8.65. The van der Waals surface area contributed by atoms with E-state index in [9.17, 15) is 24.6 Å². The van der Waals surface area contributed by atoms with Crippen molar-refractivity contribution in [2.45, 2.75) is 51.4 Å². The largest absolute Gasteiger partial charge is 0.465 e. The Labute approximate surface area is 211 Å². The van der Waals surface area contributed by atoms with Crippen LogP contribution in [0.5, 0.6) is 0 Å². The molecule has 0 aliphatic rings. The number of hydrogen-bond acceptors (Lipinski definition) is 6. The third-order valence-corrected chi connectivity index (χ3v) is 5.92. The van der Waals surface area contributed by atoms with E-state index in [2.05, 4.69) is 20.8 Å². The molecule has 0 saturated carbocycles. The molecule has 0 unspecified atom stereocenters. The van der Waals surface area contributed by atoms with Gasteiger partial charge in [0.2, 0.25) is 0 Å². The number of hydrazine groups is 1. The minimum absolute atomic E-state index is 0.0656. The van der Waals surface area contributed by atoms with Crippen LogP contribution in [-0.4, -0.2) is 65.2 Å². The van der Waals surface area contributed by atoms with Crippen molar-refractivity contribution < 1.29 is 29.3 Å². The first-order valence-corrected chi connectivity index (χ1v) is 11.9. The van der Waals surface area contributed by atoms with Crippen molar-refractivity contribution in [1.82, 2.24) is 21.1 Å². The Balaban J connectivity index is 2.23. The van der Waals surface area contributed by atoms with Crippen LogP contribution in [0.2, 0.25) is 0 Å². The summed E-state index contributed by atoms with van der Waals surface area (Å²) in [5.41, 5.74) is 4.53. The Bertz CT molecular complexity index is 959. The molecule has 10 heteroatoms. The van der Waals surface area contributed by atoms with E-state index in [0.717, 1.165) is 11.1 Å². The molecule has 36 heavy (non-hydrogen) atoms. The third-order valence-electron chi connectivity index (χ3n) is 5.92. The van der Waals surface area contributed by atoms with E-state index in [4.69, 9.17) is 0 Å². The lowest BCUT2D eigenvalue weighted by Crippen LogP contribution is -2.57. The summed E-state index contributed by atoms with van der Waals surface area (Å²) >= 11 is 0. The van der Waals surface area contributed by atoms with Gasteiger partial charge in [0, 0.05) is 13.1 Å². The van der Waals surface area contributed by atoms with E-state index in [0.29, 0.717) is 6.42 Å². The van der Waals surface area contributed by atoms with Gasteiger partial charge < -0.3 is 25.6 Å². The molecule has 5 N–H and O–H groups in total. The molecule has 2 rings (SSSR count). The number of nitrogens with one attached hydrogen (secondary N) is 3. The highest BCUT2D eigenvalue weighted by Crippen LogP contribution is 2.12. The molecule has 0 spiro atoms. The summed E-state index contributed by atoms with van der Waals surface area (Å²) in [5, 5.41) is 26.9. The fraction of sp³-hybridized carbons (Fsp3) is 0.423. The van der Waals surface area contributed by atoms with Crippen molar-refractivity contribution >= 4 is 18.1 Å². The SMILES string of the molecule is CC[C@H](C)[C@H](NC(=O)OC)C(=O)NN(Cc1ccccc1)C[C@H](O)[C@H](Cc1ccccc1)NC(=O)O. The first-order chi connectivity index (χ1) is 17.2. The van der Waals surface area contributed by atoms with E-state index in [1.807, 2.05) is 74.5 Å². The molecule has 196 valence electrons.